The third-order valence-corrected chi connectivity index (χ3v) is 2.94. The van der Waals surface area contributed by atoms with E-state index in [1.807, 2.05) is 0 Å². The molecular formula is C13H13F7O. The SMILES string of the molecule is OCCCCc1ccc(C(F)(F)C(F)(F)C(F)(F)F)cc1. The number of aliphatic hydroxyl groups excluding tert-OH is 1. The fraction of sp³-hybridized carbons (Fsp3) is 0.538. The summed E-state index contributed by atoms with van der Waals surface area (Å²) < 4.78 is 88.5. The molecule has 8 heteroatoms. The summed E-state index contributed by atoms with van der Waals surface area (Å²) in [6.07, 6.45) is -4.91. The second kappa shape index (κ2) is 6.21. The molecule has 0 aliphatic carbocycles. The molecule has 0 unspecified atom stereocenters. The molecule has 0 aliphatic heterocycles. The number of rotatable bonds is 6. The lowest BCUT2D eigenvalue weighted by atomic mass is 9.99. The lowest BCUT2D eigenvalue weighted by molar-refractivity contribution is -0.359. The number of unbranched alkanes of at least 4 members (excludes halogenated alkanes) is 1. The predicted molar refractivity (Wildman–Crippen MR) is 61.4 cm³/mol. The van der Waals surface area contributed by atoms with Crippen molar-refractivity contribution in [2.45, 2.75) is 37.3 Å². The highest BCUT2D eigenvalue weighted by Gasteiger charge is 2.73. The maximum Gasteiger partial charge on any atom is 0.460 e. The number of hydrogen-bond acceptors (Lipinski definition) is 1. The molecule has 0 spiro atoms. The molecular weight excluding hydrogens is 305 g/mol. The average Bonchev–Trinajstić information content (AvgIpc) is 2.38. The van der Waals surface area contributed by atoms with Crippen LogP contribution in [0.15, 0.2) is 24.3 Å². The lowest BCUT2D eigenvalue weighted by Crippen LogP contribution is -2.50. The Kier molecular flexibility index (Phi) is 5.25. The maximum atomic E-state index is 13.4. The molecule has 120 valence electrons. The molecule has 0 atom stereocenters. The Morgan fingerprint density at radius 1 is 0.810 bits per heavy atom. The van der Waals surface area contributed by atoms with Gasteiger partial charge in [0, 0.05) is 12.2 Å². The molecule has 0 amide bonds. The molecule has 1 N–H and O–H groups in total. The summed E-state index contributed by atoms with van der Waals surface area (Å²) in [5.74, 6) is -11.5. The molecule has 1 rings (SSSR count). The summed E-state index contributed by atoms with van der Waals surface area (Å²) in [5.41, 5.74) is -0.881. The van der Waals surface area contributed by atoms with Gasteiger partial charge in [0.25, 0.3) is 0 Å². The molecule has 0 heterocycles. The van der Waals surface area contributed by atoms with Gasteiger partial charge in [-0.2, -0.15) is 30.7 Å². The number of aliphatic hydroxyl groups is 1. The molecule has 1 aromatic carbocycles. The Morgan fingerprint density at radius 3 is 1.76 bits per heavy atom. The van der Waals surface area contributed by atoms with Gasteiger partial charge < -0.3 is 5.11 Å². The molecule has 21 heavy (non-hydrogen) atoms. The van der Waals surface area contributed by atoms with Gasteiger partial charge in [-0.1, -0.05) is 24.3 Å². The summed E-state index contributed by atoms with van der Waals surface area (Å²) >= 11 is 0. The van der Waals surface area contributed by atoms with E-state index in [0.717, 1.165) is 12.1 Å². The van der Waals surface area contributed by atoms with Crippen LogP contribution in [0.3, 0.4) is 0 Å². The van der Waals surface area contributed by atoms with Gasteiger partial charge in [0.05, 0.1) is 0 Å². The minimum atomic E-state index is -6.34. The Labute approximate surface area is 116 Å². The van der Waals surface area contributed by atoms with Crippen LogP contribution in [-0.2, 0) is 12.3 Å². The first kappa shape index (κ1) is 17.7. The highest BCUT2D eigenvalue weighted by Crippen LogP contribution is 2.51. The third kappa shape index (κ3) is 3.66. The Hall–Kier alpha value is -1.31. The van der Waals surface area contributed by atoms with E-state index in [1.165, 1.54) is 0 Å². The van der Waals surface area contributed by atoms with Crippen molar-refractivity contribution in [2.24, 2.45) is 0 Å². The zero-order chi connectivity index (χ0) is 16.3. The first-order chi connectivity index (χ1) is 9.54. The highest BCUT2D eigenvalue weighted by molar-refractivity contribution is 5.28. The zero-order valence-electron chi connectivity index (χ0n) is 10.7. The van der Waals surface area contributed by atoms with E-state index in [9.17, 15) is 30.7 Å². The van der Waals surface area contributed by atoms with Gasteiger partial charge in [-0.05, 0) is 24.8 Å². The van der Waals surface area contributed by atoms with Crippen molar-refractivity contribution in [3.05, 3.63) is 35.4 Å². The van der Waals surface area contributed by atoms with Gasteiger partial charge in [0.1, 0.15) is 0 Å². The van der Waals surface area contributed by atoms with Gasteiger partial charge in [0.15, 0.2) is 0 Å². The summed E-state index contributed by atoms with van der Waals surface area (Å²) in [6, 6.07) is 3.28. The highest BCUT2D eigenvalue weighted by atomic mass is 19.4. The molecule has 0 fully saturated rings. The van der Waals surface area contributed by atoms with Crippen LogP contribution in [0.1, 0.15) is 24.0 Å². The maximum absolute atomic E-state index is 13.4. The van der Waals surface area contributed by atoms with E-state index in [-0.39, 0.29) is 6.61 Å². The van der Waals surface area contributed by atoms with Crippen molar-refractivity contribution in [3.8, 4) is 0 Å². The van der Waals surface area contributed by atoms with Crippen molar-refractivity contribution in [1.82, 2.24) is 0 Å². The van der Waals surface area contributed by atoms with Crippen molar-refractivity contribution < 1.29 is 35.8 Å². The minimum absolute atomic E-state index is 0.0477. The summed E-state index contributed by atoms with van der Waals surface area (Å²) in [6.45, 7) is -0.0477. The average molecular weight is 318 g/mol. The Morgan fingerprint density at radius 2 is 1.33 bits per heavy atom. The first-order valence-electron chi connectivity index (χ1n) is 6.06. The Balaban J connectivity index is 2.94. The standard InChI is InChI=1S/C13H13F7O/c14-11(15,12(16,17)13(18,19)20)10-6-4-9(5-7-10)3-1-2-8-21/h4-7,21H,1-3,8H2. The molecule has 0 saturated carbocycles. The fourth-order valence-corrected chi connectivity index (χ4v) is 1.68. The molecule has 0 aromatic heterocycles. The lowest BCUT2D eigenvalue weighted by Gasteiger charge is -2.28. The summed E-state index contributed by atoms with van der Waals surface area (Å²) in [5, 5.41) is 8.57. The van der Waals surface area contributed by atoms with Crippen molar-refractivity contribution in [1.29, 1.82) is 0 Å². The van der Waals surface area contributed by atoms with Crippen LogP contribution in [0.2, 0.25) is 0 Å². The summed E-state index contributed by atoms with van der Waals surface area (Å²) in [7, 11) is 0. The van der Waals surface area contributed by atoms with E-state index in [0.29, 0.717) is 37.0 Å². The normalized spacial score (nSPS) is 13.5. The molecule has 0 saturated heterocycles. The van der Waals surface area contributed by atoms with Crippen LogP contribution < -0.4 is 0 Å². The molecule has 1 aromatic rings. The van der Waals surface area contributed by atoms with Crippen molar-refractivity contribution in [3.63, 3.8) is 0 Å². The predicted octanol–water partition coefficient (Wildman–Crippen LogP) is 4.29. The Bertz CT molecular complexity index is 451. The van der Waals surface area contributed by atoms with E-state index < -0.39 is 23.6 Å². The van der Waals surface area contributed by atoms with Crippen LogP contribution >= 0.6 is 0 Å². The van der Waals surface area contributed by atoms with Crippen molar-refractivity contribution >= 4 is 0 Å². The molecule has 0 aliphatic rings. The number of halogens is 7. The van der Waals surface area contributed by atoms with Gasteiger partial charge in [0.2, 0.25) is 0 Å². The van der Waals surface area contributed by atoms with E-state index in [1.54, 1.807) is 0 Å². The van der Waals surface area contributed by atoms with Crippen LogP contribution in [-0.4, -0.2) is 23.8 Å². The number of hydrogen-bond donors (Lipinski definition) is 1. The number of alkyl halides is 7. The van der Waals surface area contributed by atoms with Crippen LogP contribution in [0.25, 0.3) is 0 Å². The van der Waals surface area contributed by atoms with E-state index >= 15 is 0 Å². The number of aryl methyl sites for hydroxylation is 1. The molecule has 0 bridgehead atoms. The van der Waals surface area contributed by atoms with Crippen LogP contribution in [0.4, 0.5) is 30.7 Å². The zero-order valence-corrected chi connectivity index (χ0v) is 10.7. The topological polar surface area (TPSA) is 20.2 Å². The fourth-order valence-electron chi connectivity index (χ4n) is 1.68. The van der Waals surface area contributed by atoms with Crippen LogP contribution in [0, 0.1) is 0 Å². The molecule has 0 radical (unpaired) electrons. The first-order valence-corrected chi connectivity index (χ1v) is 6.06. The van der Waals surface area contributed by atoms with Gasteiger partial charge >= 0.3 is 18.0 Å². The second-order valence-corrected chi connectivity index (χ2v) is 4.52. The van der Waals surface area contributed by atoms with Gasteiger partial charge in [-0.15, -0.1) is 0 Å². The van der Waals surface area contributed by atoms with E-state index in [2.05, 4.69) is 0 Å². The van der Waals surface area contributed by atoms with E-state index in [4.69, 9.17) is 5.11 Å². The monoisotopic (exact) mass is 318 g/mol. The third-order valence-electron chi connectivity index (χ3n) is 2.94. The largest absolute Gasteiger partial charge is 0.460 e. The molecule has 1 nitrogen and oxygen atoms in total. The minimum Gasteiger partial charge on any atom is -0.396 e. The number of benzene rings is 1. The second-order valence-electron chi connectivity index (χ2n) is 4.52. The van der Waals surface area contributed by atoms with Gasteiger partial charge in [-0.25, -0.2) is 0 Å². The van der Waals surface area contributed by atoms with Gasteiger partial charge in [-0.3, -0.25) is 0 Å². The van der Waals surface area contributed by atoms with Crippen LogP contribution in [0.5, 0.6) is 0 Å². The van der Waals surface area contributed by atoms with Crippen molar-refractivity contribution in [2.75, 3.05) is 6.61 Å². The smallest absolute Gasteiger partial charge is 0.396 e. The quantitative estimate of drug-likeness (QED) is 0.613. The summed E-state index contributed by atoms with van der Waals surface area (Å²) in [4.78, 5) is 0.